The number of hydrogen-bond donors (Lipinski definition) is 1. The maximum absolute atomic E-state index is 11.9. The summed E-state index contributed by atoms with van der Waals surface area (Å²) in [6, 6.07) is 10.9. The van der Waals surface area contributed by atoms with Crippen molar-refractivity contribution in [3.63, 3.8) is 0 Å². The average molecular weight is 502 g/mol. The van der Waals surface area contributed by atoms with Gasteiger partial charge in [-0.15, -0.1) is 10.2 Å². The first-order chi connectivity index (χ1) is 16.7. The highest BCUT2D eigenvalue weighted by atomic mass is 35.5. The van der Waals surface area contributed by atoms with E-state index in [9.17, 15) is 9.90 Å². The van der Waals surface area contributed by atoms with E-state index in [0.29, 0.717) is 45.9 Å². The number of aliphatic carboxylic acids is 1. The molecule has 2 aromatic carbocycles. The van der Waals surface area contributed by atoms with Crippen LogP contribution in [0.25, 0.3) is 5.69 Å². The quantitative estimate of drug-likeness (QED) is 0.481. The minimum atomic E-state index is -1.03. The molecule has 0 radical (unpaired) electrons. The lowest BCUT2D eigenvalue weighted by molar-refractivity contribution is -0.141. The van der Waals surface area contributed by atoms with Crippen LogP contribution in [0, 0.1) is 0 Å². The molecule has 4 rings (SSSR count). The highest BCUT2D eigenvalue weighted by Gasteiger charge is 2.39. The molecule has 3 aromatic rings. The molecule has 0 fully saturated rings. The van der Waals surface area contributed by atoms with Gasteiger partial charge in [0.05, 0.1) is 32.9 Å². The number of carboxylic acid groups (broad SMARTS) is 1. The van der Waals surface area contributed by atoms with Crippen molar-refractivity contribution in [2.45, 2.75) is 37.9 Å². The number of carbonyl (C=O) groups is 1. The third-order valence-electron chi connectivity index (χ3n) is 5.98. The van der Waals surface area contributed by atoms with E-state index in [1.54, 1.807) is 39.5 Å². The Bertz CT molecular complexity index is 1240. The third-order valence-corrected chi connectivity index (χ3v) is 6.21. The van der Waals surface area contributed by atoms with Crippen molar-refractivity contribution in [3.05, 3.63) is 64.2 Å². The molecule has 2 atom stereocenters. The zero-order valence-electron chi connectivity index (χ0n) is 20.2. The monoisotopic (exact) mass is 501 g/mol. The molecule has 0 amide bonds. The van der Waals surface area contributed by atoms with Crippen LogP contribution in [-0.2, 0) is 19.7 Å². The molecule has 2 unspecified atom stereocenters. The fraction of sp³-hybridized carbons (Fsp3) is 0.400. The molecule has 0 spiro atoms. The van der Waals surface area contributed by atoms with Gasteiger partial charge in [0.25, 0.3) is 0 Å². The number of ether oxygens (including phenoxy) is 4. The van der Waals surface area contributed by atoms with E-state index in [0.717, 1.165) is 5.69 Å². The van der Waals surface area contributed by atoms with E-state index in [4.69, 9.17) is 30.5 Å². The highest BCUT2D eigenvalue weighted by Crippen LogP contribution is 2.47. The van der Waals surface area contributed by atoms with Gasteiger partial charge in [0.1, 0.15) is 18.0 Å². The lowest BCUT2D eigenvalue weighted by atomic mass is 9.92. The van der Waals surface area contributed by atoms with Gasteiger partial charge in [-0.1, -0.05) is 37.6 Å². The molecule has 1 aromatic heterocycles. The first-order valence-corrected chi connectivity index (χ1v) is 11.4. The number of hydrogen-bond acceptors (Lipinski definition) is 7. The van der Waals surface area contributed by atoms with Crippen LogP contribution in [0.2, 0.25) is 5.02 Å². The summed E-state index contributed by atoms with van der Waals surface area (Å²) in [5.41, 5.74) is 1.59. The number of para-hydroxylation sites is 1. The lowest BCUT2D eigenvalue weighted by Gasteiger charge is -2.25. The van der Waals surface area contributed by atoms with Gasteiger partial charge in [0.15, 0.2) is 17.3 Å². The van der Waals surface area contributed by atoms with Gasteiger partial charge in [-0.05, 0) is 24.3 Å². The fourth-order valence-corrected chi connectivity index (χ4v) is 4.68. The van der Waals surface area contributed by atoms with E-state index >= 15 is 0 Å². The van der Waals surface area contributed by atoms with Gasteiger partial charge in [-0.2, -0.15) is 0 Å². The second-order valence-electron chi connectivity index (χ2n) is 8.92. The topological polar surface area (TPSA) is 105 Å². The average Bonchev–Trinajstić information content (AvgIpc) is 3.22. The maximum atomic E-state index is 11.9. The largest absolute Gasteiger partial charge is 0.493 e. The summed E-state index contributed by atoms with van der Waals surface area (Å²) < 4.78 is 25.0. The molecule has 10 heteroatoms. The number of rotatable bonds is 8. The number of methoxy groups -OCH3 is 3. The van der Waals surface area contributed by atoms with Crippen molar-refractivity contribution in [1.29, 1.82) is 0 Å². The second kappa shape index (κ2) is 9.85. The Labute approximate surface area is 208 Å². The molecule has 2 heterocycles. The molecular formula is C25H28ClN3O6. The molecule has 1 N–H and O–H groups in total. The number of benzene rings is 2. The molecule has 186 valence electrons. The fourth-order valence-electron chi connectivity index (χ4n) is 4.50. The Morgan fingerprint density at radius 1 is 1.14 bits per heavy atom. The van der Waals surface area contributed by atoms with Gasteiger partial charge >= 0.3 is 5.97 Å². The van der Waals surface area contributed by atoms with Gasteiger partial charge in [0, 0.05) is 28.7 Å². The molecule has 0 saturated carbocycles. The van der Waals surface area contributed by atoms with Crippen molar-refractivity contribution in [2.75, 3.05) is 27.9 Å². The van der Waals surface area contributed by atoms with Crippen LogP contribution < -0.4 is 9.47 Å². The molecule has 9 nitrogen and oxygen atoms in total. The first kappa shape index (κ1) is 25.0. The molecule has 0 saturated heterocycles. The van der Waals surface area contributed by atoms with Crippen LogP contribution in [0.1, 0.15) is 55.3 Å². The zero-order chi connectivity index (χ0) is 25.3. The minimum Gasteiger partial charge on any atom is -0.493 e. The zero-order valence-corrected chi connectivity index (χ0v) is 21.0. The smallest absolute Gasteiger partial charge is 0.306 e. The summed E-state index contributed by atoms with van der Waals surface area (Å²) in [5.74, 6) is 0.993. The summed E-state index contributed by atoms with van der Waals surface area (Å²) in [7, 11) is 4.72. The molecular weight excluding hydrogens is 474 g/mol. The number of fused-ring (bicyclic) bond motifs is 3. The minimum absolute atomic E-state index is 0.312. The van der Waals surface area contributed by atoms with E-state index in [2.05, 4.69) is 10.2 Å². The highest BCUT2D eigenvalue weighted by molar-refractivity contribution is 6.30. The van der Waals surface area contributed by atoms with E-state index in [-0.39, 0.29) is 6.42 Å². The molecule has 0 bridgehead atoms. The molecule has 35 heavy (non-hydrogen) atoms. The number of aromatic nitrogens is 3. The van der Waals surface area contributed by atoms with Gasteiger partial charge in [-0.25, -0.2) is 0 Å². The Morgan fingerprint density at radius 3 is 2.57 bits per heavy atom. The summed E-state index contributed by atoms with van der Waals surface area (Å²) in [5, 5.41) is 19.1. The molecule has 1 aliphatic rings. The molecule has 1 aliphatic heterocycles. The van der Waals surface area contributed by atoms with Crippen molar-refractivity contribution in [2.24, 2.45) is 0 Å². The van der Waals surface area contributed by atoms with Crippen LogP contribution in [0.4, 0.5) is 0 Å². The lowest BCUT2D eigenvalue weighted by Crippen LogP contribution is -2.28. The summed E-state index contributed by atoms with van der Waals surface area (Å²) in [6.07, 6.45) is -1.94. The van der Waals surface area contributed by atoms with E-state index in [1.165, 1.54) is 0 Å². The second-order valence-corrected chi connectivity index (χ2v) is 9.36. The van der Waals surface area contributed by atoms with Crippen LogP contribution in [0.15, 0.2) is 36.4 Å². The van der Waals surface area contributed by atoms with Crippen molar-refractivity contribution in [3.8, 4) is 17.2 Å². The van der Waals surface area contributed by atoms with E-state index in [1.807, 2.05) is 36.6 Å². The maximum Gasteiger partial charge on any atom is 0.306 e. The van der Waals surface area contributed by atoms with Crippen molar-refractivity contribution in [1.82, 2.24) is 14.8 Å². The first-order valence-electron chi connectivity index (χ1n) is 11.0. The van der Waals surface area contributed by atoms with E-state index < -0.39 is 23.6 Å². The van der Waals surface area contributed by atoms with Crippen LogP contribution in [0.5, 0.6) is 11.5 Å². The summed E-state index contributed by atoms with van der Waals surface area (Å²) in [6.45, 7) is 4.36. The summed E-state index contributed by atoms with van der Waals surface area (Å²) in [4.78, 5) is 11.9. The van der Waals surface area contributed by atoms with Crippen molar-refractivity contribution < 1.29 is 28.8 Å². The molecule has 0 aliphatic carbocycles. The predicted molar refractivity (Wildman–Crippen MR) is 129 cm³/mol. The van der Waals surface area contributed by atoms with Gasteiger partial charge < -0.3 is 24.1 Å². The van der Waals surface area contributed by atoms with Crippen LogP contribution in [-0.4, -0.2) is 53.8 Å². The van der Waals surface area contributed by atoms with Crippen LogP contribution >= 0.6 is 11.6 Å². The number of halogens is 1. The summed E-state index contributed by atoms with van der Waals surface area (Å²) >= 11 is 6.45. The van der Waals surface area contributed by atoms with Gasteiger partial charge in [-0.3, -0.25) is 9.36 Å². The number of nitrogens with zero attached hydrogens (tertiary/aromatic N) is 3. The Hall–Kier alpha value is -3.14. The standard InChI is InChI=1S/C25H28ClN3O6/c1-25(2,13-32-3)24-28-27-23-19(12-20(30)31)35-21(15-7-6-8-18(33-4)22(15)34-5)16-11-14(26)9-10-17(16)29(23)24/h6-11,19,21H,12-13H2,1-5H3,(H,30,31). The predicted octanol–water partition coefficient (Wildman–Crippen LogP) is 4.50. The normalized spacial score (nSPS) is 17.3. The Kier molecular flexibility index (Phi) is 7.02. The van der Waals surface area contributed by atoms with Crippen molar-refractivity contribution >= 4 is 17.6 Å². The Balaban J connectivity index is 2.02. The van der Waals surface area contributed by atoms with Crippen LogP contribution in [0.3, 0.4) is 0 Å². The number of carboxylic acids is 1. The Morgan fingerprint density at radius 2 is 1.91 bits per heavy atom. The third kappa shape index (κ3) is 4.59. The SMILES string of the molecule is COCC(C)(C)c1nnc2n1-c1ccc(Cl)cc1C(c1cccc(OC)c1OC)OC2CC(=O)O. The van der Waals surface area contributed by atoms with Gasteiger partial charge in [0.2, 0.25) is 0 Å².